The molecule has 0 amide bonds. The van der Waals surface area contributed by atoms with Gasteiger partial charge in [-0.25, -0.2) is 0 Å². The van der Waals surface area contributed by atoms with E-state index >= 15 is 0 Å². The summed E-state index contributed by atoms with van der Waals surface area (Å²) in [4.78, 5) is 9.87. The average molecular weight is 190 g/mol. The first-order valence-corrected chi connectivity index (χ1v) is 4.36. The standard InChI is InChI=1S/C8H18N2OS/c1-7(2,6(9)4-11)5-8(3,10)12/h4,6,12H,5,9-10H2,1-3H3. The molecule has 4 heteroatoms. The van der Waals surface area contributed by atoms with E-state index in [1.807, 2.05) is 13.8 Å². The van der Waals surface area contributed by atoms with Crippen molar-refractivity contribution in [2.45, 2.75) is 38.1 Å². The Hall–Kier alpha value is -0.0600. The van der Waals surface area contributed by atoms with E-state index in [2.05, 4.69) is 12.6 Å². The van der Waals surface area contributed by atoms with Crippen molar-refractivity contribution in [2.75, 3.05) is 0 Å². The largest absolute Gasteiger partial charge is 0.321 e. The third-order valence-electron chi connectivity index (χ3n) is 1.86. The van der Waals surface area contributed by atoms with Crippen molar-refractivity contribution in [3.05, 3.63) is 0 Å². The highest BCUT2D eigenvalue weighted by molar-refractivity contribution is 7.81. The van der Waals surface area contributed by atoms with Crippen LogP contribution in [0.15, 0.2) is 0 Å². The molecule has 0 aromatic heterocycles. The van der Waals surface area contributed by atoms with E-state index in [-0.39, 0.29) is 5.41 Å². The zero-order valence-corrected chi connectivity index (χ0v) is 8.77. The van der Waals surface area contributed by atoms with Gasteiger partial charge in [0.05, 0.1) is 10.9 Å². The van der Waals surface area contributed by atoms with Gasteiger partial charge in [-0.1, -0.05) is 13.8 Å². The molecule has 0 aromatic rings. The molecule has 0 fully saturated rings. The molecule has 0 spiro atoms. The zero-order chi connectivity index (χ0) is 9.99. The quantitative estimate of drug-likeness (QED) is 0.344. The summed E-state index contributed by atoms with van der Waals surface area (Å²) in [5.74, 6) is 0. The van der Waals surface area contributed by atoms with Gasteiger partial charge in [0.25, 0.3) is 0 Å². The predicted octanol–water partition coefficient (Wildman–Crippen LogP) is 0.534. The van der Waals surface area contributed by atoms with Gasteiger partial charge in [-0.3, -0.25) is 0 Å². The number of carbonyl (C=O) groups is 1. The van der Waals surface area contributed by atoms with Crippen LogP contribution in [0.4, 0.5) is 0 Å². The van der Waals surface area contributed by atoms with Gasteiger partial charge >= 0.3 is 0 Å². The van der Waals surface area contributed by atoms with Gasteiger partial charge in [-0.05, 0) is 18.8 Å². The molecule has 0 aliphatic heterocycles. The third-order valence-corrected chi connectivity index (χ3v) is 2.02. The average Bonchev–Trinajstić information content (AvgIpc) is 1.80. The highest BCUT2D eigenvalue weighted by Gasteiger charge is 2.31. The van der Waals surface area contributed by atoms with Crippen LogP contribution >= 0.6 is 12.6 Å². The van der Waals surface area contributed by atoms with E-state index in [9.17, 15) is 4.79 Å². The van der Waals surface area contributed by atoms with E-state index in [0.717, 1.165) is 6.29 Å². The summed E-state index contributed by atoms with van der Waals surface area (Å²) < 4.78 is 0. The fourth-order valence-electron chi connectivity index (χ4n) is 1.22. The second kappa shape index (κ2) is 3.77. The van der Waals surface area contributed by atoms with E-state index in [0.29, 0.717) is 6.42 Å². The lowest BCUT2D eigenvalue weighted by Gasteiger charge is -2.33. The molecule has 0 heterocycles. The minimum Gasteiger partial charge on any atom is -0.321 e. The molecule has 2 unspecified atom stereocenters. The third kappa shape index (κ3) is 4.09. The van der Waals surface area contributed by atoms with Gasteiger partial charge in [0, 0.05) is 0 Å². The molecular weight excluding hydrogens is 172 g/mol. The molecule has 0 saturated heterocycles. The van der Waals surface area contributed by atoms with Gasteiger partial charge in [0.2, 0.25) is 0 Å². The maximum atomic E-state index is 10.4. The van der Waals surface area contributed by atoms with Crippen LogP contribution in [0, 0.1) is 5.41 Å². The molecule has 0 aliphatic rings. The Morgan fingerprint density at radius 2 is 1.92 bits per heavy atom. The lowest BCUT2D eigenvalue weighted by molar-refractivity contribution is -0.111. The summed E-state index contributed by atoms with van der Waals surface area (Å²) in [7, 11) is 0. The Morgan fingerprint density at radius 1 is 1.50 bits per heavy atom. The van der Waals surface area contributed by atoms with Crippen molar-refractivity contribution < 1.29 is 4.79 Å². The molecule has 3 nitrogen and oxygen atoms in total. The van der Waals surface area contributed by atoms with E-state index < -0.39 is 10.9 Å². The lowest BCUT2D eigenvalue weighted by Crippen LogP contribution is -2.45. The molecule has 0 rings (SSSR count). The SMILES string of the molecule is CC(N)(S)CC(C)(C)C(N)C=O. The number of thiol groups is 1. The second-order valence-electron chi connectivity index (χ2n) is 4.18. The smallest absolute Gasteiger partial charge is 0.137 e. The number of carbonyl (C=O) groups excluding carboxylic acids is 1. The van der Waals surface area contributed by atoms with Crippen LogP contribution in [0.1, 0.15) is 27.2 Å². The van der Waals surface area contributed by atoms with Gasteiger partial charge < -0.3 is 16.3 Å². The number of nitrogens with two attached hydrogens (primary N) is 2. The van der Waals surface area contributed by atoms with Crippen molar-refractivity contribution in [3.8, 4) is 0 Å². The molecule has 0 aromatic carbocycles. The molecule has 2 atom stereocenters. The van der Waals surface area contributed by atoms with Crippen molar-refractivity contribution in [1.82, 2.24) is 0 Å². The summed E-state index contributed by atoms with van der Waals surface area (Å²) in [6.45, 7) is 5.62. The first-order valence-electron chi connectivity index (χ1n) is 3.91. The molecular formula is C8H18N2OS. The van der Waals surface area contributed by atoms with Gasteiger partial charge in [0.1, 0.15) is 6.29 Å². The Morgan fingerprint density at radius 3 is 2.17 bits per heavy atom. The van der Waals surface area contributed by atoms with Gasteiger partial charge in [-0.15, -0.1) is 0 Å². The van der Waals surface area contributed by atoms with E-state index in [1.165, 1.54) is 0 Å². The highest BCUT2D eigenvalue weighted by Crippen LogP contribution is 2.30. The lowest BCUT2D eigenvalue weighted by atomic mass is 9.80. The Bertz CT molecular complexity index is 163. The van der Waals surface area contributed by atoms with Gasteiger partial charge in [-0.2, -0.15) is 12.6 Å². The van der Waals surface area contributed by atoms with Crippen LogP contribution in [-0.4, -0.2) is 17.2 Å². The monoisotopic (exact) mass is 190 g/mol. The molecule has 12 heavy (non-hydrogen) atoms. The summed E-state index contributed by atoms with van der Waals surface area (Å²) >= 11 is 4.19. The fraction of sp³-hybridized carbons (Fsp3) is 0.875. The molecule has 0 bridgehead atoms. The second-order valence-corrected chi connectivity index (χ2v) is 5.21. The first-order chi connectivity index (χ1) is 5.19. The number of hydrogen-bond acceptors (Lipinski definition) is 4. The van der Waals surface area contributed by atoms with Crippen molar-refractivity contribution >= 4 is 18.9 Å². The molecule has 0 saturated carbocycles. The summed E-state index contributed by atoms with van der Waals surface area (Å²) in [5.41, 5.74) is 11.0. The summed E-state index contributed by atoms with van der Waals surface area (Å²) in [6.07, 6.45) is 1.35. The summed E-state index contributed by atoms with van der Waals surface area (Å²) in [5, 5.41) is 0. The topological polar surface area (TPSA) is 69.1 Å². The number of aldehydes is 1. The van der Waals surface area contributed by atoms with Crippen molar-refractivity contribution in [1.29, 1.82) is 0 Å². The Labute approximate surface area is 79.3 Å². The van der Waals surface area contributed by atoms with Crippen LogP contribution in [0.5, 0.6) is 0 Å². The predicted molar refractivity (Wildman–Crippen MR) is 54.0 cm³/mol. The van der Waals surface area contributed by atoms with Crippen LogP contribution in [0.3, 0.4) is 0 Å². The maximum absolute atomic E-state index is 10.4. The maximum Gasteiger partial charge on any atom is 0.137 e. The zero-order valence-electron chi connectivity index (χ0n) is 7.87. The minimum atomic E-state index is -0.579. The van der Waals surface area contributed by atoms with E-state index in [1.54, 1.807) is 6.92 Å². The highest BCUT2D eigenvalue weighted by atomic mass is 32.1. The molecule has 0 radical (unpaired) electrons. The first kappa shape index (κ1) is 11.9. The molecule has 4 N–H and O–H groups in total. The summed E-state index contributed by atoms with van der Waals surface area (Å²) in [6, 6.07) is -0.479. The fourth-order valence-corrected chi connectivity index (χ4v) is 1.63. The van der Waals surface area contributed by atoms with Gasteiger partial charge in [0.15, 0.2) is 0 Å². The van der Waals surface area contributed by atoms with E-state index in [4.69, 9.17) is 11.5 Å². The van der Waals surface area contributed by atoms with Crippen LogP contribution in [0.2, 0.25) is 0 Å². The van der Waals surface area contributed by atoms with Crippen LogP contribution in [0.25, 0.3) is 0 Å². The minimum absolute atomic E-state index is 0.299. The number of rotatable bonds is 4. The van der Waals surface area contributed by atoms with Crippen LogP contribution in [-0.2, 0) is 4.79 Å². The van der Waals surface area contributed by atoms with Crippen molar-refractivity contribution in [2.24, 2.45) is 16.9 Å². The Kier molecular flexibility index (Phi) is 3.75. The molecule has 0 aliphatic carbocycles. The van der Waals surface area contributed by atoms with Crippen molar-refractivity contribution in [3.63, 3.8) is 0 Å². The Balaban J connectivity index is 4.31. The normalized spacial score (nSPS) is 19.8. The number of hydrogen-bond donors (Lipinski definition) is 3. The van der Waals surface area contributed by atoms with Crippen LogP contribution < -0.4 is 11.5 Å². The molecule has 72 valence electrons.